The number of amides is 1. The molecule has 0 bridgehead atoms. The SMILES string of the molecule is C/C(=N\NC(=O)c1ccccc1)c1ccoc1. The molecule has 0 aliphatic rings. The van der Waals surface area contributed by atoms with Gasteiger partial charge in [-0.05, 0) is 25.1 Å². The molecule has 0 saturated heterocycles. The van der Waals surface area contributed by atoms with Crippen LogP contribution in [0.3, 0.4) is 0 Å². The first-order valence-corrected chi connectivity index (χ1v) is 5.19. The minimum atomic E-state index is -0.228. The number of carbonyl (C=O) groups excluding carboxylic acids is 1. The monoisotopic (exact) mass is 228 g/mol. The normalized spacial score (nSPS) is 11.2. The molecule has 0 unspecified atom stereocenters. The van der Waals surface area contributed by atoms with E-state index in [1.165, 1.54) is 0 Å². The highest BCUT2D eigenvalue weighted by molar-refractivity contribution is 6.00. The Balaban J connectivity index is 2.04. The number of hydrogen-bond acceptors (Lipinski definition) is 3. The largest absolute Gasteiger partial charge is 0.472 e. The van der Waals surface area contributed by atoms with E-state index in [1.54, 1.807) is 37.6 Å². The number of furan rings is 1. The second-order valence-corrected chi connectivity index (χ2v) is 3.52. The van der Waals surface area contributed by atoms with Crippen LogP contribution in [-0.4, -0.2) is 11.6 Å². The van der Waals surface area contributed by atoms with Crippen LogP contribution in [0.5, 0.6) is 0 Å². The summed E-state index contributed by atoms with van der Waals surface area (Å²) in [6.45, 7) is 1.80. The predicted octanol–water partition coefficient (Wildman–Crippen LogP) is 2.43. The summed E-state index contributed by atoms with van der Waals surface area (Å²) < 4.78 is 4.93. The molecule has 4 nitrogen and oxygen atoms in total. The van der Waals surface area contributed by atoms with Crippen molar-refractivity contribution in [1.82, 2.24) is 5.43 Å². The summed E-state index contributed by atoms with van der Waals surface area (Å²) in [6, 6.07) is 10.7. The first kappa shape index (κ1) is 11.1. The van der Waals surface area contributed by atoms with Crippen molar-refractivity contribution in [2.75, 3.05) is 0 Å². The lowest BCUT2D eigenvalue weighted by molar-refractivity contribution is 0.0955. The summed E-state index contributed by atoms with van der Waals surface area (Å²) in [5, 5.41) is 4.00. The topological polar surface area (TPSA) is 54.6 Å². The van der Waals surface area contributed by atoms with Gasteiger partial charge in [0, 0.05) is 11.1 Å². The van der Waals surface area contributed by atoms with Crippen LogP contribution in [0.25, 0.3) is 0 Å². The van der Waals surface area contributed by atoms with Gasteiger partial charge in [0.2, 0.25) is 0 Å². The van der Waals surface area contributed by atoms with E-state index >= 15 is 0 Å². The third-order valence-corrected chi connectivity index (χ3v) is 2.30. The van der Waals surface area contributed by atoms with Gasteiger partial charge >= 0.3 is 0 Å². The fourth-order valence-electron chi connectivity index (χ4n) is 1.32. The molecule has 1 heterocycles. The summed E-state index contributed by atoms with van der Waals surface area (Å²) in [7, 11) is 0. The average molecular weight is 228 g/mol. The Labute approximate surface area is 99.0 Å². The molecular weight excluding hydrogens is 216 g/mol. The van der Waals surface area contributed by atoms with Crippen LogP contribution >= 0.6 is 0 Å². The molecule has 0 radical (unpaired) electrons. The first-order chi connectivity index (χ1) is 8.27. The van der Waals surface area contributed by atoms with Crippen molar-refractivity contribution < 1.29 is 9.21 Å². The molecule has 86 valence electrons. The minimum absolute atomic E-state index is 0.228. The Morgan fingerprint density at radius 1 is 1.18 bits per heavy atom. The first-order valence-electron chi connectivity index (χ1n) is 5.19. The third kappa shape index (κ3) is 2.81. The number of hydrogen-bond donors (Lipinski definition) is 1. The van der Waals surface area contributed by atoms with Crippen LogP contribution in [0.15, 0.2) is 58.4 Å². The number of hydrazone groups is 1. The van der Waals surface area contributed by atoms with Crippen LogP contribution in [-0.2, 0) is 0 Å². The fraction of sp³-hybridized carbons (Fsp3) is 0.0769. The summed E-state index contributed by atoms with van der Waals surface area (Å²) in [5.74, 6) is -0.228. The van der Waals surface area contributed by atoms with Crippen LogP contribution < -0.4 is 5.43 Å². The van der Waals surface area contributed by atoms with Gasteiger partial charge in [-0.15, -0.1) is 0 Å². The third-order valence-electron chi connectivity index (χ3n) is 2.30. The second kappa shape index (κ2) is 5.12. The number of benzene rings is 1. The highest BCUT2D eigenvalue weighted by Gasteiger charge is 2.03. The van der Waals surface area contributed by atoms with E-state index in [2.05, 4.69) is 10.5 Å². The predicted molar refractivity (Wildman–Crippen MR) is 64.8 cm³/mol. The van der Waals surface area contributed by atoms with E-state index in [4.69, 9.17) is 4.42 Å². The number of nitrogens with one attached hydrogen (secondary N) is 1. The summed E-state index contributed by atoms with van der Waals surface area (Å²) in [6.07, 6.45) is 3.14. The second-order valence-electron chi connectivity index (χ2n) is 3.52. The molecule has 1 N–H and O–H groups in total. The number of rotatable bonds is 3. The van der Waals surface area contributed by atoms with Gasteiger partial charge in [0.15, 0.2) is 0 Å². The molecule has 1 amide bonds. The lowest BCUT2D eigenvalue weighted by atomic mass is 10.2. The quantitative estimate of drug-likeness (QED) is 0.648. The molecule has 0 atom stereocenters. The van der Waals surface area contributed by atoms with Crippen LogP contribution in [0, 0.1) is 0 Å². The Kier molecular flexibility index (Phi) is 3.35. The van der Waals surface area contributed by atoms with E-state index in [-0.39, 0.29) is 5.91 Å². The van der Waals surface area contributed by atoms with E-state index in [1.807, 2.05) is 18.2 Å². The van der Waals surface area contributed by atoms with Crippen molar-refractivity contribution in [3.05, 3.63) is 60.1 Å². The molecule has 0 fully saturated rings. The van der Waals surface area contributed by atoms with Crippen LogP contribution in [0.2, 0.25) is 0 Å². The summed E-state index contributed by atoms with van der Waals surface area (Å²) in [4.78, 5) is 11.7. The molecule has 0 aliphatic heterocycles. The number of nitrogens with zero attached hydrogens (tertiary/aromatic N) is 1. The smallest absolute Gasteiger partial charge is 0.271 e. The fourth-order valence-corrected chi connectivity index (χ4v) is 1.32. The Morgan fingerprint density at radius 3 is 2.59 bits per heavy atom. The molecular formula is C13H12N2O2. The van der Waals surface area contributed by atoms with Crippen LogP contribution in [0.1, 0.15) is 22.8 Å². The molecule has 1 aromatic carbocycles. The Morgan fingerprint density at radius 2 is 1.94 bits per heavy atom. The lowest BCUT2D eigenvalue weighted by Crippen LogP contribution is -2.19. The molecule has 0 aliphatic carbocycles. The van der Waals surface area contributed by atoms with Gasteiger partial charge < -0.3 is 4.42 Å². The van der Waals surface area contributed by atoms with Crippen molar-refractivity contribution in [1.29, 1.82) is 0 Å². The van der Waals surface area contributed by atoms with Gasteiger partial charge in [0.25, 0.3) is 5.91 Å². The van der Waals surface area contributed by atoms with Crippen molar-refractivity contribution in [2.45, 2.75) is 6.92 Å². The van der Waals surface area contributed by atoms with Crippen LogP contribution in [0.4, 0.5) is 0 Å². The maximum atomic E-state index is 11.7. The Hall–Kier alpha value is -2.36. The maximum Gasteiger partial charge on any atom is 0.271 e. The Bertz CT molecular complexity index is 516. The molecule has 1 aromatic heterocycles. The lowest BCUT2D eigenvalue weighted by Gasteiger charge is -2.00. The van der Waals surface area contributed by atoms with Crippen molar-refractivity contribution in [3.63, 3.8) is 0 Å². The van der Waals surface area contributed by atoms with Gasteiger partial charge in [-0.25, -0.2) is 5.43 Å². The highest BCUT2D eigenvalue weighted by atomic mass is 16.3. The zero-order chi connectivity index (χ0) is 12.1. The van der Waals surface area contributed by atoms with E-state index in [0.29, 0.717) is 11.3 Å². The number of carbonyl (C=O) groups is 1. The van der Waals surface area contributed by atoms with E-state index < -0.39 is 0 Å². The highest BCUT2D eigenvalue weighted by Crippen LogP contribution is 2.02. The maximum absolute atomic E-state index is 11.7. The molecule has 2 rings (SSSR count). The van der Waals surface area contributed by atoms with Crippen molar-refractivity contribution >= 4 is 11.6 Å². The summed E-state index contributed by atoms with van der Waals surface area (Å²) >= 11 is 0. The molecule has 0 saturated carbocycles. The van der Waals surface area contributed by atoms with Gasteiger partial charge in [0.1, 0.15) is 0 Å². The van der Waals surface area contributed by atoms with Crippen molar-refractivity contribution in [2.24, 2.45) is 5.10 Å². The molecule has 0 spiro atoms. The summed E-state index contributed by atoms with van der Waals surface area (Å²) in [5.41, 5.74) is 4.62. The minimum Gasteiger partial charge on any atom is -0.472 e. The van der Waals surface area contributed by atoms with Gasteiger partial charge in [-0.1, -0.05) is 18.2 Å². The molecule has 2 aromatic rings. The standard InChI is InChI=1S/C13H12N2O2/c1-10(12-7-8-17-9-12)14-15-13(16)11-5-3-2-4-6-11/h2-9H,1H3,(H,15,16)/b14-10+. The van der Waals surface area contributed by atoms with Crippen molar-refractivity contribution in [3.8, 4) is 0 Å². The van der Waals surface area contributed by atoms with Gasteiger partial charge in [-0.3, -0.25) is 4.79 Å². The average Bonchev–Trinajstić information content (AvgIpc) is 2.90. The van der Waals surface area contributed by atoms with E-state index in [9.17, 15) is 4.79 Å². The molecule has 4 heteroatoms. The van der Waals surface area contributed by atoms with Gasteiger partial charge in [-0.2, -0.15) is 5.10 Å². The zero-order valence-corrected chi connectivity index (χ0v) is 9.38. The molecule has 17 heavy (non-hydrogen) atoms. The van der Waals surface area contributed by atoms with Gasteiger partial charge in [0.05, 0.1) is 18.2 Å². The van der Waals surface area contributed by atoms with E-state index in [0.717, 1.165) is 5.56 Å². The zero-order valence-electron chi connectivity index (χ0n) is 9.38.